The van der Waals surface area contributed by atoms with E-state index in [0.29, 0.717) is 23.5 Å². The van der Waals surface area contributed by atoms with Gasteiger partial charge in [-0.25, -0.2) is 0 Å². The summed E-state index contributed by atoms with van der Waals surface area (Å²) in [5.41, 5.74) is 0.487. The van der Waals surface area contributed by atoms with E-state index in [1.54, 1.807) is 0 Å². The van der Waals surface area contributed by atoms with E-state index >= 15 is 0 Å². The van der Waals surface area contributed by atoms with Crippen LogP contribution in [0, 0.1) is 0 Å². The summed E-state index contributed by atoms with van der Waals surface area (Å²) in [6.07, 6.45) is 0. The molecule has 0 radical (unpaired) electrons. The Morgan fingerprint density at radius 3 is 2.74 bits per heavy atom. The van der Waals surface area contributed by atoms with Gasteiger partial charge in [0.1, 0.15) is 5.75 Å². The van der Waals surface area contributed by atoms with Crippen LogP contribution in [0.2, 0.25) is 0 Å². The molecule has 1 aromatic carbocycles. The molecule has 0 bridgehead atoms. The van der Waals surface area contributed by atoms with Gasteiger partial charge in [-0.1, -0.05) is 23.9 Å². The van der Waals surface area contributed by atoms with E-state index in [-0.39, 0.29) is 17.2 Å². The Morgan fingerprint density at radius 2 is 2.04 bits per heavy atom. The van der Waals surface area contributed by atoms with Crippen molar-refractivity contribution in [2.24, 2.45) is 0 Å². The highest BCUT2D eigenvalue weighted by atomic mass is 32.2. The van der Waals surface area contributed by atoms with E-state index in [9.17, 15) is 4.79 Å². The minimum atomic E-state index is -0.256. The molecular formula is C16H21N3O3S. The number of benzene rings is 1. The van der Waals surface area contributed by atoms with Crippen molar-refractivity contribution in [2.45, 2.75) is 38.5 Å². The van der Waals surface area contributed by atoms with Crippen molar-refractivity contribution in [1.29, 1.82) is 0 Å². The number of hydrogen-bond acceptors (Lipinski definition) is 6. The third kappa shape index (κ3) is 5.28. The summed E-state index contributed by atoms with van der Waals surface area (Å²) in [5.74, 6) is 1.23. The van der Waals surface area contributed by atoms with Crippen molar-refractivity contribution in [3.8, 4) is 17.2 Å². The standard InChI is InChI=1S/C16H21N3O3S/c1-5-21-12-9-7-6-8-11(12)14-18-19-15(22-14)23-10-13(20)17-16(2,3)4/h6-9H,5,10H2,1-4H3,(H,17,20). The van der Waals surface area contributed by atoms with Gasteiger partial charge in [0.25, 0.3) is 11.1 Å². The molecule has 0 aliphatic rings. The molecular weight excluding hydrogens is 314 g/mol. The van der Waals surface area contributed by atoms with Gasteiger partial charge in [-0.15, -0.1) is 10.2 Å². The SMILES string of the molecule is CCOc1ccccc1-c1nnc(SCC(=O)NC(C)(C)C)o1. The van der Waals surface area contributed by atoms with E-state index in [0.717, 1.165) is 5.56 Å². The number of rotatable bonds is 6. The highest BCUT2D eigenvalue weighted by Crippen LogP contribution is 2.30. The number of nitrogens with zero attached hydrogens (tertiary/aromatic N) is 2. The van der Waals surface area contributed by atoms with Crippen LogP contribution in [0.1, 0.15) is 27.7 Å². The molecule has 0 aliphatic carbocycles. The van der Waals surface area contributed by atoms with Gasteiger partial charge in [-0.3, -0.25) is 4.79 Å². The number of ether oxygens (including phenoxy) is 1. The Bertz CT molecular complexity index is 665. The number of hydrogen-bond donors (Lipinski definition) is 1. The van der Waals surface area contributed by atoms with Crippen LogP contribution in [0.15, 0.2) is 33.9 Å². The van der Waals surface area contributed by atoms with E-state index in [1.165, 1.54) is 11.8 Å². The molecule has 2 rings (SSSR count). The van der Waals surface area contributed by atoms with Crippen molar-refractivity contribution in [1.82, 2.24) is 15.5 Å². The molecule has 124 valence electrons. The van der Waals surface area contributed by atoms with Crippen LogP contribution in [-0.2, 0) is 4.79 Å². The number of carbonyl (C=O) groups is 1. The van der Waals surface area contributed by atoms with Crippen molar-refractivity contribution >= 4 is 17.7 Å². The molecule has 0 fully saturated rings. The maximum absolute atomic E-state index is 11.8. The number of thioether (sulfide) groups is 1. The summed E-state index contributed by atoms with van der Waals surface area (Å²) in [4.78, 5) is 11.8. The molecule has 6 nitrogen and oxygen atoms in total. The van der Waals surface area contributed by atoms with Gasteiger partial charge < -0.3 is 14.5 Å². The van der Waals surface area contributed by atoms with Gasteiger partial charge in [-0.2, -0.15) is 0 Å². The Balaban J connectivity index is 2.03. The minimum Gasteiger partial charge on any atom is -0.493 e. The third-order valence-electron chi connectivity index (χ3n) is 2.66. The molecule has 1 N–H and O–H groups in total. The first-order chi connectivity index (χ1) is 10.9. The Morgan fingerprint density at radius 1 is 1.30 bits per heavy atom. The monoisotopic (exact) mass is 335 g/mol. The fourth-order valence-electron chi connectivity index (χ4n) is 1.88. The lowest BCUT2D eigenvalue weighted by molar-refractivity contribution is -0.119. The number of nitrogens with one attached hydrogen (secondary N) is 1. The molecule has 23 heavy (non-hydrogen) atoms. The molecule has 1 aromatic heterocycles. The van der Waals surface area contributed by atoms with Gasteiger partial charge in [0, 0.05) is 5.54 Å². The van der Waals surface area contributed by atoms with Crippen LogP contribution in [0.4, 0.5) is 0 Å². The Labute approximate surface area is 140 Å². The molecule has 0 saturated carbocycles. The molecule has 0 spiro atoms. The van der Waals surface area contributed by atoms with Crippen LogP contribution in [0.25, 0.3) is 11.5 Å². The topological polar surface area (TPSA) is 77.2 Å². The zero-order valence-electron chi connectivity index (χ0n) is 13.8. The number of para-hydroxylation sites is 1. The second-order valence-corrected chi connectivity index (χ2v) is 6.82. The van der Waals surface area contributed by atoms with E-state index in [2.05, 4.69) is 15.5 Å². The molecule has 7 heteroatoms. The molecule has 1 amide bonds. The third-order valence-corrected chi connectivity index (χ3v) is 3.48. The molecule has 0 atom stereocenters. The quantitative estimate of drug-likeness (QED) is 0.817. The average molecular weight is 335 g/mol. The Hall–Kier alpha value is -2.02. The first-order valence-corrected chi connectivity index (χ1v) is 8.37. The van der Waals surface area contributed by atoms with Gasteiger partial charge >= 0.3 is 0 Å². The fourth-order valence-corrected chi connectivity index (χ4v) is 2.45. The smallest absolute Gasteiger partial charge is 0.277 e. The minimum absolute atomic E-state index is 0.0723. The van der Waals surface area contributed by atoms with Gasteiger partial charge in [0.15, 0.2) is 0 Å². The summed E-state index contributed by atoms with van der Waals surface area (Å²) >= 11 is 1.21. The second kappa shape index (κ2) is 7.50. The summed E-state index contributed by atoms with van der Waals surface area (Å²) < 4.78 is 11.2. The van der Waals surface area contributed by atoms with Crippen molar-refractivity contribution < 1.29 is 13.9 Å². The second-order valence-electron chi connectivity index (χ2n) is 5.89. The van der Waals surface area contributed by atoms with Crippen molar-refractivity contribution in [3.63, 3.8) is 0 Å². The van der Waals surface area contributed by atoms with Gasteiger partial charge in [0.2, 0.25) is 5.91 Å². The summed E-state index contributed by atoms with van der Waals surface area (Å²) in [7, 11) is 0. The zero-order chi connectivity index (χ0) is 16.9. The molecule has 0 aliphatic heterocycles. The largest absolute Gasteiger partial charge is 0.493 e. The van der Waals surface area contributed by atoms with Crippen LogP contribution >= 0.6 is 11.8 Å². The van der Waals surface area contributed by atoms with E-state index < -0.39 is 0 Å². The lowest BCUT2D eigenvalue weighted by atomic mass is 10.1. The van der Waals surface area contributed by atoms with Crippen molar-refractivity contribution in [2.75, 3.05) is 12.4 Å². The van der Waals surface area contributed by atoms with Crippen molar-refractivity contribution in [3.05, 3.63) is 24.3 Å². The van der Waals surface area contributed by atoms with Crippen LogP contribution in [0.3, 0.4) is 0 Å². The molecule has 0 saturated heterocycles. The normalized spacial score (nSPS) is 11.3. The lowest BCUT2D eigenvalue weighted by Gasteiger charge is -2.19. The van der Waals surface area contributed by atoms with Crippen LogP contribution in [-0.4, -0.2) is 34.0 Å². The summed E-state index contributed by atoms with van der Waals surface area (Å²) in [6.45, 7) is 8.28. The summed E-state index contributed by atoms with van der Waals surface area (Å²) in [6, 6.07) is 7.48. The molecule has 0 unspecified atom stereocenters. The van der Waals surface area contributed by atoms with Gasteiger partial charge in [0.05, 0.1) is 17.9 Å². The number of amides is 1. The zero-order valence-corrected chi connectivity index (χ0v) is 14.6. The highest BCUT2D eigenvalue weighted by molar-refractivity contribution is 7.99. The maximum Gasteiger partial charge on any atom is 0.277 e. The lowest BCUT2D eigenvalue weighted by Crippen LogP contribution is -2.41. The Kier molecular flexibility index (Phi) is 5.65. The molecule has 1 heterocycles. The maximum atomic E-state index is 11.8. The summed E-state index contributed by atoms with van der Waals surface area (Å²) in [5, 5.41) is 11.2. The molecule has 2 aromatic rings. The number of aromatic nitrogens is 2. The first-order valence-electron chi connectivity index (χ1n) is 7.38. The first kappa shape index (κ1) is 17.3. The number of carbonyl (C=O) groups excluding carboxylic acids is 1. The highest BCUT2D eigenvalue weighted by Gasteiger charge is 2.17. The van der Waals surface area contributed by atoms with Gasteiger partial charge in [-0.05, 0) is 39.8 Å². The van der Waals surface area contributed by atoms with Crippen LogP contribution < -0.4 is 10.1 Å². The van der Waals surface area contributed by atoms with E-state index in [1.807, 2.05) is 52.0 Å². The van der Waals surface area contributed by atoms with E-state index in [4.69, 9.17) is 9.15 Å². The van der Waals surface area contributed by atoms with Crippen LogP contribution in [0.5, 0.6) is 5.75 Å². The predicted octanol–water partition coefficient (Wildman–Crippen LogP) is 3.14. The predicted molar refractivity (Wildman–Crippen MR) is 89.5 cm³/mol. The fraction of sp³-hybridized carbons (Fsp3) is 0.438. The average Bonchev–Trinajstić information content (AvgIpc) is 2.93.